The number of aliphatic hydroxyl groups is 4. The third kappa shape index (κ3) is 1.14. The molecule has 2 aliphatic rings. The van der Waals surface area contributed by atoms with Crippen molar-refractivity contribution in [1.29, 1.82) is 0 Å². The zero-order chi connectivity index (χ0) is 15.0. The van der Waals surface area contributed by atoms with Gasteiger partial charge in [-0.2, -0.15) is 0 Å². The largest absolute Gasteiger partial charge is 0.353 e. The lowest BCUT2D eigenvalue weighted by atomic mass is 9.98. The summed E-state index contributed by atoms with van der Waals surface area (Å²) in [6.45, 7) is 0. The molecule has 0 saturated heterocycles. The number of ketones is 4. The highest BCUT2D eigenvalue weighted by atomic mass is 16.5. The van der Waals surface area contributed by atoms with E-state index in [2.05, 4.69) is 0 Å². The molecule has 0 spiro atoms. The van der Waals surface area contributed by atoms with Crippen molar-refractivity contribution >= 4 is 23.1 Å². The molecule has 0 heterocycles. The Kier molecular flexibility index (Phi) is 2.07. The summed E-state index contributed by atoms with van der Waals surface area (Å²) in [5, 5.41) is 37.6. The molecule has 1 aromatic rings. The second-order valence-electron chi connectivity index (χ2n) is 4.57. The molecule has 2 aliphatic carbocycles. The molecular weight excluding hydrogens is 272 g/mol. The highest BCUT2D eigenvalue weighted by molar-refractivity contribution is 6.39. The number of rotatable bonds is 0. The van der Waals surface area contributed by atoms with Gasteiger partial charge in [0.05, 0.1) is 0 Å². The van der Waals surface area contributed by atoms with Crippen LogP contribution in [0.3, 0.4) is 0 Å². The van der Waals surface area contributed by atoms with E-state index in [1.165, 1.54) is 0 Å². The van der Waals surface area contributed by atoms with Crippen molar-refractivity contribution in [2.75, 3.05) is 0 Å². The van der Waals surface area contributed by atoms with E-state index in [0.29, 0.717) is 0 Å². The topological polar surface area (TPSA) is 149 Å². The van der Waals surface area contributed by atoms with Crippen LogP contribution >= 0.6 is 0 Å². The highest BCUT2D eigenvalue weighted by Crippen LogP contribution is 2.38. The van der Waals surface area contributed by atoms with Crippen LogP contribution in [-0.4, -0.2) is 55.1 Å². The minimum atomic E-state index is -3.32. The van der Waals surface area contributed by atoms with Gasteiger partial charge in [-0.05, 0) is 12.1 Å². The van der Waals surface area contributed by atoms with Crippen LogP contribution in [0.5, 0.6) is 0 Å². The minimum absolute atomic E-state index is 0.461. The lowest BCUT2D eigenvalue weighted by Gasteiger charge is -2.10. The van der Waals surface area contributed by atoms with Gasteiger partial charge in [0.25, 0.3) is 11.6 Å². The third-order valence-corrected chi connectivity index (χ3v) is 3.42. The molecule has 0 amide bonds. The molecular formula is C12H6O8. The lowest BCUT2D eigenvalue weighted by Crippen LogP contribution is -2.42. The van der Waals surface area contributed by atoms with E-state index in [0.717, 1.165) is 12.1 Å². The quantitative estimate of drug-likeness (QED) is 0.308. The predicted molar refractivity (Wildman–Crippen MR) is 58.1 cm³/mol. The van der Waals surface area contributed by atoms with Gasteiger partial charge in [-0.3, -0.25) is 19.2 Å². The van der Waals surface area contributed by atoms with Crippen molar-refractivity contribution in [3.05, 3.63) is 34.4 Å². The van der Waals surface area contributed by atoms with Gasteiger partial charge in [0.2, 0.25) is 23.1 Å². The Morgan fingerprint density at radius 1 is 0.600 bits per heavy atom. The summed E-state index contributed by atoms with van der Waals surface area (Å²) in [6, 6.07) is 1.91. The van der Waals surface area contributed by atoms with Gasteiger partial charge in [-0.1, -0.05) is 0 Å². The number of hydrogen-bond donors (Lipinski definition) is 4. The first-order chi connectivity index (χ1) is 9.11. The first-order valence-electron chi connectivity index (χ1n) is 5.37. The van der Waals surface area contributed by atoms with E-state index >= 15 is 0 Å². The maximum atomic E-state index is 11.8. The van der Waals surface area contributed by atoms with Crippen LogP contribution in [0.1, 0.15) is 41.4 Å². The van der Waals surface area contributed by atoms with Crippen molar-refractivity contribution in [1.82, 2.24) is 0 Å². The molecule has 4 N–H and O–H groups in total. The Hall–Kier alpha value is -2.26. The minimum Gasteiger partial charge on any atom is -0.353 e. The number of Topliss-reactive ketones (excluding diaryl/α,β-unsaturated/α-hetero) is 4. The van der Waals surface area contributed by atoms with Gasteiger partial charge in [0, 0.05) is 22.3 Å². The predicted octanol–water partition coefficient (Wildman–Crippen LogP) is -2.19. The van der Waals surface area contributed by atoms with Crippen molar-refractivity contribution < 1.29 is 39.6 Å². The van der Waals surface area contributed by atoms with Crippen LogP contribution in [0.15, 0.2) is 12.1 Å². The molecule has 0 unspecified atom stereocenters. The molecule has 20 heavy (non-hydrogen) atoms. The molecule has 0 radical (unpaired) electrons. The molecule has 0 aromatic heterocycles. The van der Waals surface area contributed by atoms with E-state index < -0.39 is 57.0 Å². The van der Waals surface area contributed by atoms with Crippen LogP contribution < -0.4 is 0 Å². The normalized spacial score (nSPS) is 22.2. The summed E-state index contributed by atoms with van der Waals surface area (Å²) >= 11 is 0. The van der Waals surface area contributed by atoms with Gasteiger partial charge in [-0.15, -0.1) is 0 Å². The summed E-state index contributed by atoms with van der Waals surface area (Å²) in [5.41, 5.74) is -2.28. The first-order valence-corrected chi connectivity index (χ1v) is 5.37. The van der Waals surface area contributed by atoms with Crippen LogP contribution in [0, 0.1) is 0 Å². The van der Waals surface area contributed by atoms with Crippen molar-refractivity contribution in [2.24, 2.45) is 0 Å². The lowest BCUT2D eigenvalue weighted by molar-refractivity contribution is -0.0867. The fourth-order valence-electron chi connectivity index (χ4n) is 2.38. The maximum absolute atomic E-state index is 11.8. The summed E-state index contributed by atoms with van der Waals surface area (Å²) in [6.07, 6.45) is 0. The average Bonchev–Trinajstić information content (AvgIpc) is 2.67. The molecule has 102 valence electrons. The maximum Gasteiger partial charge on any atom is 0.295 e. The average molecular weight is 278 g/mol. The Bertz CT molecular complexity index is 677. The molecule has 0 aliphatic heterocycles. The van der Waals surface area contributed by atoms with E-state index in [-0.39, 0.29) is 0 Å². The van der Waals surface area contributed by atoms with Gasteiger partial charge in [0.15, 0.2) is 0 Å². The second-order valence-corrected chi connectivity index (χ2v) is 4.57. The van der Waals surface area contributed by atoms with Gasteiger partial charge < -0.3 is 20.4 Å². The van der Waals surface area contributed by atoms with Gasteiger partial charge in [0.1, 0.15) is 0 Å². The van der Waals surface area contributed by atoms with E-state index in [1.54, 1.807) is 0 Å². The van der Waals surface area contributed by atoms with E-state index in [1.807, 2.05) is 0 Å². The molecule has 0 saturated carbocycles. The standard InChI is InChI=1S/C12H6O8/c13-7-3-1-2-4-6(5(3)9(15)11(7,17)18)10(16)12(19,20)8(4)14/h1-2,17-20H. The molecule has 0 fully saturated rings. The van der Waals surface area contributed by atoms with Crippen LogP contribution in [0.25, 0.3) is 0 Å². The van der Waals surface area contributed by atoms with Crippen molar-refractivity contribution in [3.8, 4) is 0 Å². The summed E-state index contributed by atoms with van der Waals surface area (Å²) < 4.78 is 0. The van der Waals surface area contributed by atoms with Crippen molar-refractivity contribution in [2.45, 2.75) is 11.6 Å². The molecule has 0 bridgehead atoms. The molecule has 3 rings (SSSR count). The SMILES string of the molecule is O=C1c2ccc3c(c2C(=O)C1(O)O)C(=O)C(O)(O)C3=O. The van der Waals surface area contributed by atoms with Gasteiger partial charge >= 0.3 is 0 Å². The van der Waals surface area contributed by atoms with Crippen LogP contribution in [-0.2, 0) is 0 Å². The summed E-state index contributed by atoms with van der Waals surface area (Å²) in [4.78, 5) is 46.9. The molecule has 8 nitrogen and oxygen atoms in total. The zero-order valence-electron chi connectivity index (χ0n) is 9.58. The first kappa shape index (κ1) is 12.8. The number of benzene rings is 1. The smallest absolute Gasteiger partial charge is 0.295 e. The number of fused-ring (bicyclic) bond motifs is 3. The Morgan fingerprint density at radius 2 is 0.900 bits per heavy atom. The van der Waals surface area contributed by atoms with E-state index in [4.69, 9.17) is 0 Å². The zero-order valence-corrected chi connectivity index (χ0v) is 9.58. The Labute approximate surface area is 109 Å². The number of hydrogen-bond acceptors (Lipinski definition) is 8. The fraction of sp³-hybridized carbons (Fsp3) is 0.167. The molecule has 8 heteroatoms. The summed E-state index contributed by atoms with van der Waals surface area (Å²) in [7, 11) is 0. The molecule has 1 aromatic carbocycles. The fourth-order valence-corrected chi connectivity index (χ4v) is 2.38. The van der Waals surface area contributed by atoms with E-state index in [9.17, 15) is 39.6 Å². The number of carbonyl (C=O) groups excluding carboxylic acids is 4. The van der Waals surface area contributed by atoms with Crippen molar-refractivity contribution in [3.63, 3.8) is 0 Å². The third-order valence-electron chi connectivity index (χ3n) is 3.42. The summed E-state index contributed by atoms with van der Waals surface area (Å²) in [5.74, 6) is -12.3. The van der Waals surface area contributed by atoms with Gasteiger partial charge in [-0.25, -0.2) is 0 Å². The Morgan fingerprint density at radius 3 is 1.20 bits per heavy atom. The molecule has 0 atom stereocenters. The van der Waals surface area contributed by atoms with Crippen LogP contribution in [0.4, 0.5) is 0 Å². The Balaban J connectivity index is 2.40. The number of carbonyl (C=O) groups is 4. The highest BCUT2D eigenvalue weighted by Gasteiger charge is 2.58. The second kappa shape index (κ2) is 3.25. The monoisotopic (exact) mass is 278 g/mol. The van der Waals surface area contributed by atoms with Crippen LogP contribution in [0.2, 0.25) is 0 Å².